The summed E-state index contributed by atoms with van der Waals surface area (Å²) in [7, 11) is 1.63. The summed E-state index contributed by atoms with van der Waals surface area (Å²) < 4.78 is 5.10. The molecule has 0 saturated heterocycles. The molecule has 2 aromatic rings. The van der Waals surface area contributed by atoms with Crippen molar-refractivity contribution in [2.75, 3.05) is 7.11 Å². The van der Waals surface area contributed by atoms with Crippen LogP contribution in [0.5, 0.6) is 5.88 Å². The molecule has 1 saturated carbocycles. The molecule has 1 aliphatic rings. The molecule has 1 aromatic carbocycles. The Morgan fingerprint density at radius 1 is 1.21 bits per heavy atom. The molecule has 98 valence electrons. The number of nitrogens with one attached hydrogen (secondary N) is 1. The molecule has 19 heavy (non-hydrogen) atoms. The predicted molar refractivity (Wildman–Crippen MR) is 76.1 cm³/mol. The Morgan fingerprint density at radius 2 is 2.05 bits per heavy atom. The van der Waals surface area contributed by atoms with Crippen LogP contribution in [0.2, 0.25) is 0 Å². The van der Waals surface area contributed by atoms with Gasteiger partial charge in [-0.2, -0.15) is 0 Å². The van der Waals surface area contributed by atoms with Crippen molar-refractivity contribution in [1.82, 2.24) is 10.3 Å². The fourth-order valence-electron chi connectivity index (χ4n) is 2.16. The van der Waals surface area contributed by atoms with Crippen LogP contribution in [-0.4, -0.2) is 18.1 Å². The molecule has 3 heteroatoms. The molecule has 0 amide bonds. The molecular weight excluding hydrogens is 236 g/mol. The lowest BCUT2D eigenvalue weighted by atomic mass is 10.0. The first-order valence-electron chi connectivity index (χ1n) is 6.68. The van der Waals surface area contributed by atoms with E-state index >= 15 is 0 Å². The van der Waals surface area contributed by atoms with E-state index in [0.717, 1.165) is 18.2 Å². The molecule has 0 atom stereocenters. The van der Waals surface area contributed by atoms with E-state index in [1.165, 1.54) is 24.0 Å². The molecule has 1 aliphatic carbocycles. The van der Waals surface area contributed by atoms with Crippen LogP contribution in [0, 0.1) is 0 Å². The van der Waals surface area contributed by atoms with Gasteiger partial charge in [0.15, 0.2) is 0 Å². The summed E-state index contributed by atoms with van der Waals surface area (Å²) in [6.07, 6.45) is 4.49. The third kappa shape index (κ3) is 2.93. The normalized spacial score (nSPS) is 14.4. The third-order valence-corrected chi connectivity index (χ3v) is 3.43. The summed E-state index contributed by atoms with van der Waals surface area (Å²) in [5.41, 5.74) is 3.70. The van der Waals surface area contributed by atoms with Crippen LogP contribution in [0.25, 0.3) is 11.1 Å². The molecule has 0 radical (unpaired) electrons. The van der Waals surface area contributed by atoms with Crippen LogP contribution in [0.1, 0.15) is 18.4 Å². The highest BCUT2D eigenvalue weighted by Gasteiger charge is 2.20. The molecule has 3 rings (SSSR count). The van der Waals surface area contributed by atoms with Gasteiger partial charge >= 0.3 is 0 Å². The lowest BCUT2D eigenvalue weighted by molar-refractivity contribution is 0.398. The Balaban J connectivity index is 1.84. The second-order valence-corrected chi connectivity index (χ2v) is 4.90. The summed E-state index contributed by atoms with van der Waals surface area (Å²) in [5.74, 6) is 0.650. The van der Waals surface area contributed by atoms with E-state index in [2.05, 4.69) is 40.6 Å². The highest BCUT2D eigenvalue weighted by atomic mass is 16.5. The first-order chi connectivity index (χ1) is 9.36. The lowest BCUT2D eigenvalue weighted by Gasteiger charge is -2.10. The van der Waals surface area contributed by atoms with Crippen molar-refractivity contribution in [3.8, 4) is 17.0 Å². The first kappa shape index (κ1) is 12.2. The van der Waals surface area contributed by atoms with Gasteiger partial charge in [0, 0.05) is 30.4 Å². The molecule has 1 aromatic heterocycles. The average Bonchev–Trinajstić information content (AvgIpc) is 3.30. The number of hydrogen-bond donors (Lipinski definition) is 1. The summed E-state index contributed by atoms with van der Waals surface area (Å²) in [6, 6.07) is 13.2. The van der Waals surface area contributed by atoms with Gasteiger partial charge < -0.3 is 10.1 Å². The molecule has 0 bridgehead atoms. The molecule has 1 fully saturated rings. The maximum Gasteiger partial charge on any atom is 0.212 e. The molecule has 0 aliphatic heterocycles. The van der Waals surface area contributed by atoms with Gasteiger partial charge in [0.2, 0.25) is 5.88 Å². The monoisotopic (exact) mass is 254 g/mol. The standard InChI is InChI=1S/C16H18N2O/c1-19-16-9-6-13(11-18-16)15-5-3-2-4-12(15)10-17-14-7-8-14/h2-6,9,11,14,17H,7-8,10H2,1H3. The first-order valence-corrected chi connectivity index (χ1v) is 6.68. The minimum Gasteiger partial charge on any atom is -0.481 e. The predicted octanol–water partition coefficient (Wildman–Crippen LogP) is 3.01. The Hall–Kier alpha value is -1.87. The maximum atomic E-state index is 5.10. The minimum atomic E-state index is 0.650. The van der Waals surface area contributed by atoms with E-state index in [9.17, 15) is 0 Å². The largest absolute Gasteiger partial charge is 0.481 e. The van der Waals surface area contributed by atoms with Gasteiger partial charge in [-0.15, -0.1) is 0 Å². The fourth-order valence-corrected chi connectivity index (χ4v) is 2.16. The lowest BCUT2D eigenvalue weighted by Crippen LogP contribution is -2.15. The Labute approximate surface area is 113 Å². The number of methoxy groups -OCH3 is 1. The molecule has 1 heterocycles. The number of aromatic nitrogens is 1. The van der Waals surface area contributed by atoms with E-state index < -0.39 is 0 Å². The Kier molecular flexibility index (Phi) is 3.47. The number of pyridine rings is 1. The van der Waals surface area contributed by atoms with Crippen molar-refractivity contribution < 1.29 is 4.74 Å². The van der Waals surface area contributed by atoms with Crippen LogP contribution in [0.3, 0.4) is 0 Å². The summed E-state index contributed by atoms with van der Waals surface area (Å²) in [6.45, 7) is 0.923. The van der Waals surface area contributed by atoms with Gasteiger partial charge in [0.25, 0.3) is 0 Å². The van der Waals surface area contributed by atoms with Gasteiger partial charge in [-0.1, -0.05) is 24.3 Å². The zero-order valence-corrected chi connectivity index (χ0v) is 11.1. The highest BCUT2D eigenvalue weighted by molar-refractivity contribution is 5.66. The van der Waals surface area contributed by atoms with Crippen LogP contribution in [-0.2, 0) is 6.54 Å². The van der Waals surface area contributed by atoms with Crippen molar-refractivity contribution in [2.45, 2.75) is 25.4 Å². The quantitative estimate of drug-likeness (QED) is 0.890. The van der Waals surface area contributed by atoms with Crippen molar-refractivity contribution in [3.05, 3.63) is 48.2 Å². The van der Waals surface area contributed by atoms with Crippen LogP contribution in [0.4, 0.5) is 0 Å². The van der Waals surface area contributed by atoms with Gasteiger partial charge in [-0.25, -0.2) is 4.98 Å². The number of hydrogen-bond acceptors (Lipinski definition) is 3. The van der Waals surface area contributed by atoms with E-state index in [0.29, 0.717) is 5.88 Å². The molecule has 0 spiro atoms. The van der Waals surface area contributed by atoms with Gasteiger partial charge in [-0.3, -0.25) is 0 Å². The number of ether oxygens (including phenoxy) is 1. The molecular formula is C16H18N2O. The van der Waals surface area contributed by atoms with Gasteiger partial charge in [0.05, 0.1) is 7.11 Å². The SMILES string of the molecule is COc1ccc(-c2ccccc2CNC2CC2)cn1. The maximum absolute atomic E-state index is 5.10. The molecule has 1 N–H and O–H groups in total. The second-order valence-electron chi connectivity index (χ2n) is 4.90. The fraction of sp³-hybridized carbons (Fsp3) is 0.312. The van der Waals surface area contributed by atoms with E-state index in [4.69, 9.17) is 4.74 Å². The Bertz CT molecular complexity index is 547. The zero-order valence-electron chi connectivity index (χ0n) is 11.1. The Morgan fingerprint density at radius 3 is 2.74 bits per heavy atom. The number of nitrogens with zero attached hydrogens (tertiary/aromatic N) is 1. The van der Waals surface area contributed by atoms with E-state index in [-0.39, 0.29) is 0 Å². The van der Waals surface area contributed by atoms with Crippen LogP contribution in [0.15, 0.2) is 42.6 Å². The average molecular weight is 254 g/mol. The zero-order chi connectivity index (χ0) is 13.1. The summed E-state index contributed by atoms with van der Waals surface area (Å²) in [4.78, 5) is 4.28. The third-order valence-electron chi connectivity index (χ3n) is 3.43. The number of rotatable bonds is 5. The van der Waals surface area contributed by atoms with E-state index in [1.807, 2.05) is 12.3 Å². The van der Waals surface area contributed by atoms with Crippen molar-refractivity contribution in [3.63, 3.8) is 0 Å². The molecule has 3 nitrogen and oxygen atoms in total. The minimum absolute atomic E-state index is 0.650. The van der Waals surface area contributed by atoms with Gasteiger partial charge in [-0.05, 0) is 30.0 Å². The highest BCUT2D eigenvalue weighted by Crippen LogP contribution is 2.25. The van der Waals surface area contributed by atoms with E-state index in [1.54, 1.807) is 7.11 Å². The topological polar surface area (TPSA) is 34.1 Å². The summed E-state index contributed by atoms with van der Waals surface area (Å²) >= 11 is 0. The van der Waals surface area contributed by atoms with Crippen LogP contribution < -0.4 is 10.1 Å². The second kappa shape index (κ2) is 5.41. The van der Waals surface area contributed by atoms with Gasteiger partial charge in [0.1, 0.15) is 0 Å². The van der Waals surface area contributed by atoms with Crippen LogP contribution >= 0.6 is 0 Å². The molecule has 0 unspecified atom stereocenters. The van der Waals surface area contributed by atoms with Crippen molar-refractivity contribution in [1.29, 1.82) is 0 Å². The number of benzene rings is 1. The van der Waals surface area contributed by atoms with Crippen molar-refractivity contribution >= 4 is 0 Å². The van der Waals surface area contributed by atoms with Crippen molar-refractivity contribution in [2.24, 2.45) is 0 Å². The summed E-state index contributed by atoms with van der Waals surface area (Å²) in [5, 5.41) is 3.56. The smallest absolute Gasteiger partial charge is 0.212 e.